The molecule has 1 atom stereocenters. The van der Waals surface area contributed by atoms with Crippen LogP contribution >= 0.6 is 15.9 Å². The summed E-state index contributed by atoms with van der Waals surface area (Å²) in [4.78, 5) is 21.1. The fourth-order valence-corrected chi connectivity index (χ4v) is 18.3. The number of allylic oxidation sites excluding steroid dienone is 5. The van der Waals surface area contributed by atoms with Crippen molar-refractivity contribution in [1.29, 1.82) is 0 Å². The Morgan fingerprint density at radius 3 is 1.45 bits per heavy atom. The van der Waals surface area contributed by atoms with E-state index in [-0.39, 0.29) is 65.0 Å². The third-order valence-corrected chi connectivity index (χ3v) is 24.2. The van der Waals surface area contributed by atoms with Crippen LogP contribution in [0.2, 0.25) is 0 Å². The summed E-state index contributed by atoms with van der Waals surface area (Å²) < 4.78 is 35.4. The second-order valence-corrected chi connectivity index (χ2v) is 32.7. The summed E-state index contributed by atoms with van der Waals surface area (Å²) in [6.45, 7) is 42.7. The molecule has 537 valence electrons. The standard InChI is InChI=1S/C44H43BN4O2.C39H31BrN4.C6H12BO2.2CH4.2Zn/c1-24-19-26(3)38(27(4)20-24)40-32-13-11-30(46-32)23-31-12-14-33(47-31)41(39-28(5)21-25(2)22-29(39)6)35-16-18-37(49-35)42(36-17-15-34(40)48-36)45-50-43(7,8)44(9,10)51-45;1-20-15-22(3)34(23(4)16-20)36-28-9-7-26-19-27-8-10-29-37(35-24(5)17-21(2)18-25(35)6)31-12-14-33-38(40)32-13-11-30(36)43(32)39(41(26)28,42(27)29)44(31)33;1-5(2)6(3,4)9-7-8-5;;;;/h11-23H,1-10H3;7-19H,1-6H3;1-4H3;2*1H4;;/q-2;+2;;;;;+2. The van der Waals surface area contributed by atoms with E-state index in [9.17, 15) is 0 Å². The Balaban J connectivity index is 0.000000166. The van der Waals surface area contributed by atoms with E-state index in [0.717, 1.165) is 77.0 Å². The first-order valence-electron chi connectivity index (χ1n) is 36.3. The third kappa shape index (κ3) is 11.7. The largest absolute Gasteiger partial charge is 2.00 e. The molecule has 5 aromatic heterocycles. The molecule has 15 heterocycles. The van der Waals surface area contributed by atoms with Gasteiger partial charge in [-0.05, 0) is 292 Å². The van der Waals surface area contributed by atoms with Crippen LogP contribution in [0.4, 0.5) is 0 Å². The Morgan fingerprint density at radius 2 is 0.907 bits per heavy atom. The zero-order chi connectivity index (χ0) is 73.1. The van der Waals surface area contributed by atoms with Gasteiger partial charge in [-0.3, -0.25) is 0 Å². The van der Waals surface area contributed by atoms with Gasteiger partial charge in [-0.2, -0.15) is 9.13 Å². The summed E-state index contributed by atoms with van der Waals surface area (Å²) in [7, 11) is 0.735. The zero-order valence-electron chi connectivity index (χ0n) is 64.7. The molecule has 1 unspecified atom stereocenters. The molecule has 2 fully saturated rings. The van der Waals surface area contributed by atoms with Crippen molar-refractivity contribution in [1.82, 2.24) is 29.1 Å². The van der Waals surface area contributed by atoms with E-state index in [0.29, 0.717) is 0 Å². The molecule has 0 amide bonds. The molecule has 8 bridgehead atoms. The van der Waals surface area contributed by atoms with Crippen molar-refractivity contribution >= 4 is 111 Å². The number of aryl methyl sites for hydroxylation is 12. The second-order valence-electron chi connectivity index (χ2n) is 31.9. The van der Waals surface area contributed by atoms with Gasteiger partial charge in [0.05, 0.1) is 78.4 Å². The van der Waals surface area contributed by atoms with Crippen molar-refractivity contribution in [2.45, 2.75) is 182 Å². The molecule has 0 aliphatic carbocycles. The van der Waals surface area contributed by atoms with Gasteiger partial charge in [0.1, 0.15) is 0 Å². The molecule has 0 saturated carbocycles. The van der Waals surface area contributed by atoms with Crippen LogP contribution in [0, 0.1) is 83.1 Å². The first kappa shape index (κ1) is 77.9. The third-order valence-electron chi connectivity index (χ3n) is 23.4. The Labute approximate surface area is 671 Å². The van der Waals surface area contributed by atoms with Crippen molar-refractivity contribution in [3.63, 3.8) is 0 Å². The van der Waals surface area contributed by atoms with Gasteiger partial charge < -0.3 is 28.6 Å². The Kier molecular flexibility index (Phi) is 19.7. The van der Waals surface area contributed by atoms with Crippen LogP contribution < -0.4 is 26.1 Å². The van der Waals surface area contributed by atoms with Crippen LogP contribution in [0.3, 0.4) is 0 Å². The van der Waals surface area contributed by atoms with Gasteiger partial charge in [0.2, 0.25) is 22.8 Å². The number of hydrogen-bond acceptors (Lipinski definition) is 6. The van der Waals surface area contributed by atoms with Crippen LogP contribution in [-0.2, 0) is 63.5 Å². The van der Waals surface area contributed by atoms with Crippen molar-refractivity contribution in [3.8, 4) is 22.3 Å². The minimum atomic E-state index is -0.682. The van der Waals surface area contributed by atoms with Crippen LogP contribution in [0.25, 0.3) is 85.8 Å². The summed E-state index contributed by atoms with van der Waals surface area (Å²) >= 11 is 4.12. The maximum atomic E-state index is 6.73. The van der Waals surface area contributed by atoms with Crippen LogP contribution in [0.1, 0.15) is 182 Å². The van der Waals surface area contributed by atoms with E-state index in [1.165, 1.54) is 142 Å². The monoisotopic (exact) mass is 1590 g/mol. The molecular weight excluding hydrogens is 1500 g/mol. The number of nitrogens with zero attached hydrogens (tertiary/aromatic N) is 8. The molecule has 0 N–H and O–H groups in total. The number of hydrogen-bond donors (Lipinski definition) is 0. The molecule has 108 heavy (non-hydrogen) atoms. The zero-order valence-corrected chi connectivity index (χ0v) is 72.2. The predicted molar refractivity (Wildman–Crippen MR) is 441 cm³/mol. The molecule has 1 spiro atoms. The van der Waals surface area contributed by atoms with Gasteiger partial charge in [-0.1, -0.05) is 125 Å². The molecule has 2 saturated heterocycles. The van der Waals surface area contributed by atoms with E-state index >= 15 is 0 Å². The second kappa shape index (κ2) is 27.4. The van der Waals surface area contributed by atoms with Crippen molar-refractivity contribution in [2.75, 3.05) is 0 Å². The Morgan fingerprint density at radius 1 is 0.444 bits per heavy atom. The van der Waals surface area contributed by atoms with Crippen molar-refractivity contribution in [2.24, 2.45) is 0 Å². The van der Waals surface area contributed by atoms with Crippen molar-refractivity contribution < 1.29 is 66.7 Å². The first-order chi connectivity index (χ1) is 49.4. The van der Waals surface area contributed by atoms with Gasteiger partial charge >= 0.3 is 40.2 Å². The Hall–Kier alpha value is -8.22. The topological polar surface area (TPSA) is 107 Å². The summed E-state index contributed by atoms with van der Waals surface area (Å²) in [5.41, 5.74) is 37.8. The predicted octanol–water partition coefficient (Wildman–Crippen LogP) is 17.8. The number of rotatable bonds is 5. The molecule has 10 aliphatic rings. The minimum Gasteiger partial charge on any atom is -0.658 e. The molecule has 1 radical (unpaired) electrons. The van der Waals surface area contributed by atoms with E-state index in [4.69, 9.17) is 38.6 Å². The summed E-state index contributed by atoms with van der Waals surface area (Å²) in [6.07, 6.45) is 20.0. The van der Waals surface area contributed by atoms with Crippen LogP contribution in [0.5, 0.6) is 0 Å². The molecule has 9 aromatic rings. The van der Waals surface area contributed by atoms with Crippen molar-refractivity contribution in [3.05, 3.63) is 266 Å². The number of fused-ring (bicyclic) bond motifs is 8. The maximum Gasteiger partial charge on any atom is 2.00 e. The summed E-state index contributed by atoms with van der Waals surface area (Å²) in [6, 6.07) is 37.9. The van der Waals surface area contributed by atoms with Gasteiger partial charge in [-0.25, -0.2) is 9.97 Å². The fourth-order valence-electron chi connectivity index (χ4n) is 17.7. The normalized spacial score (nSPS) is 18.7. The molecule has 12 nitrogen and oxygen atoms in total. The van der Waals surface area contributed by atoms with Gasteiger partial charge in [0, 0.05) is 43.8 Å². The minimum absolute atomic E-state index is 0. The quantitative estimate of drug-likeness (QED) is 0.124. The molecule has 19 rings (SSSR count). The average molecular weight is 1600 g/mol. The number of aromatic nitrogens is 6. The summed E-state index contributed by atoms with van der Waals surface area (Å²) in [5.74, 6) is -0.664. The van der Waals surface area contributed by atoms with Crippen LogP contribution in [-0.4, -0.2) is 76.9 Å². The fraction of sp³-hybridized carbons (Fsp3) is 0.297. The van der Waals surface area contributed by atoms with E-state index in [1.807, 2.05) is 27.7 Å². The smallest absolute Gasteiger partial charge is 0.658 e. The van der Waals surface area contributed by atoms with Crippen LogP contribution in [0.15, 0.2) is 143 Å². The molecule has 17 heteroatoms. The first-order valence-corrected chi connectivity index (χ1v) is 37.1. The van der Waals surface area contributed by atoms with E-state index < -0.39 is 24.2 Å². The Bertz CT molecular complexity index is 5860. The van der Waals surface area contributed by atoms with Gasteiger partial charge in [0.25, 0.3) is 0 Å². The molecule has 4 aromatic carbocycles. The maximum absolute atomic E-state index is 6.73. The SMILES string of the molecule is C.C.CC1(C)O[B]OC1(C)C.Cc1cc(C)c(-c2c3nc(c(B4OC(C)(C)C(C)(C)O4)c4ccc([n-]4)c(-c4c(C)cc(C)cc4C)c4nc(cc5ccc2[n-]5)C=C4)C=C3)c(C)c1.Cc1cc(C)c(C2=C3C=CC4=[N+]3C35n6c(ccc62)C=c2ccc(n23)=C(c2c(C)cc(C)cc2C)C2=[N+]5C(=C4Br)C=C2)c(C)c1.[Zn+2].[Zn]. The molecular formula is C91H94B2BrN8O4Zn2+2. The number of halogens is 1. The molecule has 10 aliphatic heterocycles. The van der Waals surface area contributed by atoms with Gasteiger partial charge in [0.15, 0.2) is 4.48 Å². The number of benzene rings is 4. The van der Waals surface area contributed by atoms with E-state index in [2.05, 4.69) is 303 Å². The summed E-state index contributed by atoms with van der Waals surface area (Å²) in [5, 5.41) is 2.47. The van der Waals surface area contributed by atoms with Gasteiger partial charge in [-0.15, -0.1) is 22.1 Å². The van der Waals surface area contributed by atoms with E-state index in [1.54, 1.807) is 0 Å². The average Bonchev–Trinajstić information content (AvgIpc) is 1.40.